The number of ether oxygens (including phenoxy) is 1. The average Bonchev–Trinajstić information content (AvgIpc) is 2.23. The Kier molecular flexibility index (Phi) is 8.42. The number of ketones is 1. The Hall–Kier alpha value is -1.06. The standard InChI is InChI=1S/C14H27NO3/c1-5-6-9-12(16)10-7-8-11-15-13(17)18-14(2,3)4/h5-11H2,1-4H3,(H,15,17). The van der Waals surface area contributed by atoms with Crippen molar-refractivity contribution in [3.8, 4) is 0 Å². The second kappa shape index (κ2) is 8.95. The molecule has 0 fully saturated rings. The quantitative estimate of drug-likeness (QED) is 0.678. The van der Waals surface area contributed by atoms with Crippen molar-refractivity contribution < 1.29 is 14.3 Å². The van der Waals surface area contributed by atoms with E-state index in [0.29, 0.717) is 25.2 Å². The molecule has 106 valence electrons. The largest absolute Gasteiger partial charge is 0.444 e. The third-order valence-electron chi connectivity index (χ3n) is 2.36. The number of hydrogen-bond donors (Lipinski definition) is 1. The van der Waals surface area contributed by atoms with Gasteiger partial charge in [0.05, 0.1) is 0 Å². The molecule has 0 saturated carbocycles. The second-order valence-electron chi connectivity index (χ2n) is 5.53. The molecule has 0 heterocycles. The Morgan fingerprint density at radius 2 is 1.67 bits per heavy atom. The van der Waals surface area contributed by atoms with Crippen LogP contribution in [0, 0.1) is 0 Å². The molecule has 0 aromatic carbocycles. The minimum Gasteiger partial charge on any atom is -0.444 e. The summed E-state index contributed by atoms with van der Waals surface area (Å²) in [6.45, 7) is 8.14. The highest BCUT2D eigenvalue weighted by Gasteiger charge is 2.15. The van der Waals surface area contributed by atoms with Crippen LogP contribution in [-0.2, 0) is 9.53 Å². The monoisotopic (exact) mass is 257 g/mol. The van der Waals surface area contributed by atoms with E-state index < -0.39 is 5.60 Å². The minimum absolute atomic E-state index is 0.328. The van der Waals surface area contributed by atoms with E-state index in [2.05, 4.69) is 12.2 Å². The van der Waals surface area contributed by atoms with Crippen molar-refractivity contribution in [3.63, 3.8) is 0 Å². The molecule has 0 aliphatic heterocycles. The lowest BCUT2D eigenvalue weighted by molar-refractivity contribution is -0.119. The van der Waals surface area contributed by atoms with E-state index in [-0.39, 0.29) is 6.09 Å². The lowest BCUT2D eigenvalue weighted by Gasteiger charge is -2.19. The van der Waals surface area contributed by atoms with Crippen LogP contribution in [0.1, 0.15) is 66.2 Å². The number of rotatable bonds is 8. The number of carbonyl (C=O) groups is 2. The Balaban J connectivity index is 3.45. The maximum absolute atomic E-state index is 11.4. The molecular weight excluding hydrogens is 230 g/mol. The summed E-state index contributed by atoms with van der Waals surface area (Å²) in [5.41, 5.74) is -0.458. The SMILES string of the molecule is CCCCC(=O)CCCCNC(=O)OC(C)(C)C. The van der Waals surface area contributed by atoms with Gasteiger partial charge in [0.15, 0.2) is 0 Å². The molecule has 0 aromatic heterocycles. The summed E-state index contributed by atoms with van der Waals surface area (Å²) in [5, 5.41) is 2.68. The van der Waals surface area contributed by atoms with Crippen LogP contribution in [0.5, 0.6) is 0 Å². The molecule has 0 radical (unpaired) electrons. The van der Waals surface area contributed by atoms with Crippen molar-refractivity contribution >= 4 is 11.9 Å². The van der Waals surface area contributed by atoms with Crippen molar-refractivity contribution in [2.45, 2.75) is 71.8 Å². The van der Waals surface area contributed by atoms with Gasteiger partial charge in [-0.15, -0.1) is 0 Å². The highest BCUT2D eigenvalue weighted by molar-refractivity contribution is 5.78. The van der Waals surface area contributed by atoms with E-state index in [1.165, 1.54) is 0 Å². The molecule has 0 saturated heterocycles. The van der Waals surface area contributed by atoms with Gasteiger partial charge in [-0.1, -0.05) is 13.3 Å². The molecule has 0 aliphatic carbocycles. The van der Waals surface area contributed by atoms with Gasteiger partial charge >= 0.3 is 6.09 Å². The summed E-state index contributed by atoms with van der Waals surface area (Å²) in [7, 11) is 0. The molecule has 4 heteroatoms. The number of hydrogen-bond acceptors (Lipinski definition) is 3. The second-order valence-corrected chi connectivity index (χ2v) is 5.53. The van der Waals surface area contributed by atoms with Crippen LogP contribution in [0.3, 0.4) is 0 Å². The van der Waals surface area contributed by atoms with Crippen LogP contribution in [-0.4, -0.2) is 24.0 Å². The van der Waals surface area contributed by atoms with E-state index in [4.69, 9.17) is 4.74 Å². The van der Waals surface area contributed by atoms with Gasteiger partial charge in [0, 0.05) is 19.4 Å². The molecule has 0 spiro atoms. The fourth-order valence-corrected chi connectivity index (χ4v) is 1.45. The van der Waals surface area contributed by atoms with Gasteiger partial charge in [-0.05, 0) is 40.0 Å². The normalized spacial score (nSPS) is 11.1. The summed E-state index contributed by atoms with van der Waals surface area (Å²) in [5.74, 6) is 0.328. The zero-order chi connectivity index (χ0) is 14.0. The molecule has 0 aliphatic rings. The first-order valence-electron chi connectivity index (χ1n) is 6.83. The number of Topliss-reactive ketones (excluding diaryl/α,β-unsaturated/α-hetero) is 1. The Bertz CT molecular complexity index is 256. The third kappa shape index (κ3) is 11.4. The molecule has 0 atom stereocenters. The van der Waals surface area contributed by atoms with Crippen LogP contribution in [0.15, 0.2) is 0 Å². The van der Waals surface area contributed by atoms with Crippen LogP contribution in [0.4, 0.5) is 4.79 Å². The maximum atomic E-state index is 11.4. The molecule has 0 unspecified atom stereocenters. The first-order chi connectivity index (χ1) is 8.35. The first kappa shape index (κ1) is 16.9. The van der Waals surface area contributed by atoms with Crippen molar-refractivity contribution in [3.05, 3.63) is 0 Å². The van der Waals surface area contributed by atoms with Crippen molar-refractivity contribution in [1.29, 1.82) is 0 Å². The van der Waals surface area contributed by atoms with Gasteiger partial charge in [-0.3, -0.25) is 4.79 Å². The smallest absolute Gasteiger partial charge is 0.407 e. The van der Waals surface area contributed by atoms with E-state index in [9.17, 15) is 9.59 Å². The van der Waals surface area contributed by atoms with Crippen LogP contribution < -0.4 is 5.32 Å². The minimum atomic E-state index is -0.458. The lowest BCUT2D eigenvalue weighted by Crippen LogP contribution is -2.33. The van der Waals surface area contributed by atoms with E-state index in [0.717, 1.165) is 25.7 Å². The predicted octanol–water partition coefficient (Wildman–Crippen LogP) is 3.44. The molecule has 0 bridgehead atoms. The van der Waals surface area contributed by atoms with Gasteiger partial charge in [0.25, 0.3) is 0 Å². The zero-order valence-electron chi connectivity index (χ0n) is 12.2. The molecule has 0 rings (SSSR count). The summed E-state index contributed by atoms with van der Waals surface area (Å²) in [6, 6.07) is 0. The fourth-order valence-electron chi connectivity index (χ4n) is 1.45. The average molecular weight is 257 g/mol. The predicted molar refractivity (Wildman–Crippen MR) is 72.6 cm³/mol. The molecule has 0 aromatic rings. The van der Waals surface area contributed by atoms with Gasteiger partial charge in [-0.2, -0.15) is 0 Å². The number of amides is 1. The van der Waals surface area contributed by atoms with Crippen LogP contribution in [0.25, 0.3) is 0 Å². The Morgan fingerprint density at radius 1 is 1.06 bits per heavy atom. The van der Waals surface area contributed by atoms with Gasteiger partial charge in [0.1, 0.15) is 11.4 Å². The van der Waals surface area contributed by atoms with E-state index in [1.807, 2.05) is 20.8 Å². The summed E-state index contributed by atoms with van der Waals surface area (Å²) in [6.07, 6.45) is 4.61. The summed E-state index contributed by atoms with van der Waals surface area (Å²) < 4.78 is 5.10. The maximum Gasteiger partial charge on any atom is 0.407 e. The van der Waals surface area contributed by atoms with E-state index >= 15 is 0 Å². The molecule has 4 nitrogen and oxygen atoms in total. The molecular formula is C14H27NO3. The van der Waals surface area contributed by atoms with Crippen LogP contribution >= 0.6 is 0 Å². The highest BCUT2D eigenvalue weighted by Crippen LogP contribution is 2.06. The number of nitrogens with one attached hydrogen (secondary N) is 1. The third-order valence-corrected chi connectivity index (χ3v) is 2.36. The summed E-state index contributed by atoms with van der Waals surface area (Å²) in [4.78, 5) is 22.7. The zero-order valence-corrected chi connectivity index (χ0v) is 12.2. The van der Waals surface area contributed by atoms with Crippen molar-refractivity contribution in [1.82, 2.24) is 5.32 Å². The molecule has 1 N–H and O–H groups in total. The molecule has 18 heavy (non-hydrogen) atoms. The van der Waals surface area contributed by atoms with Gasteiger partial charge in [0.2, 0.25) is 0 Å². The first-order valence-corrected chi connectivity index (χ1v) is 6.83. The number of alkyl carbamates (subject to hydrolysis) is 1. The Labute approximate surface area is 110 Å². The number of unbranched alkanes of at least 4 members (excludes halogenated alkanes) is 2. The Morgan fingerprint density at radius 3 is 2.22 bits per heavy atom. The van der Waals surface area contributed by atoms with Crippen molar-refractivity contribution in [2.75, 3.05) is 6.54 Å². The molecule has 1 amide bonds. The number of carbonyl (C=O) groups excluding carboxylic acids is 2. The van der Waals surface area contributed by atoms with E-state index in [1.54, 1.807) is 0 Å². The highest BCUT2D eigenvalue weighted by atomic mass is 16.6. The topological polar surface area (TPSA) is 55.4 Å². The van der Waals surface area contributed by atoms with Gasteiger partial charge in [-0.25, -0.2) is 4.79 Å². The van der Waals surface area contributed by atoms with Crippen LogP contribution in [0.2, 0.25) is 0 Å². The van der Waals surface area contributed by atoms with Gasteiger partial charge < -0.3 is 10.1 Å². The fraction of sp³-hybridized carbons (Fsp3) is 0.857. The lowest BCUT2D eigenvalue weighted by atomic mass is 10.1. The summed E-state index contributed by atoms with van der Waals surface area (Å²) >= 11 is 0. The van der Waals surface area contributed by atoms with Crippen molar-refractivity contribution in [2.24, 2.45) is 0 Å².